The number of hydrogen-bond acceptors (Lipinski definition) is 5. The van der Waals surface area contributed by atoms with E-state index in [0.29, 0.717) is 33.2 Å². The second-order valence-electron chi connectivity index (χ2n) is 8.04. The van der Waals surface area contributed by atoms with Gasteiger partial charge in [-0.15, -0.1) is 0 Å². The molecule has 35 heavy (non-hydrogen) atoms. The lowest BCUT2D eigenvalue weighted by Crippen LogP contribution is -2.19. The van der Waals surface area contributed by atoms with E-state index >= 15 is 0 Å². The number of methoxy groups -OCH3 is 1. The van der Waals surface area contributed by atoms with Gasteiger partial charge in [-0.05, 0) is 72.1 Å². The Bertz CT molecular complexity index is 1260. The highest BCUT2D eigenvalue weighted by molar-refractivity contribution is 8.18. The monoisotopic (exact) mass is 506 g/mol. The fraction of sp³-hybridized carbons (Fsp3) is 0.214. The molecule has 0 atom stereocenters. The molecule has 5 nitrogen and oxygen atoms in total. The van der Waals surface area contributed by atoms with Crippen molar-refractivity contribution in [3.8, 4) is 11.5 Å². The van der Waals surface area contributed by atoms with Gasteiger partial charge < -0.3 is 14.8 Å². The fourth-order valence-corrected chi connectivity index (χ4v) is 4.56. The standard InChI is InChI=1S/C28H27ClN2O3S/c1-3-4-7-19-10-13-22(14-11-19)30-28-31-27(32)26(35-28)17-20-12-15-24(25(16-20)33-2)34-18-21-8-5-6-9-23(21)29/h5-6,8-17H,3-4,7,18H2,1-2H3,(H,30,31,32). The minimum atomic E-state index is -0.175. The van der Waals surface area contributed by atoms with E-state index in [4.69, 9.17) is 21.1 Å². The largest absolute Gasteiger partial charge is 0.493 e. The molecule has 1 fully saturated rings. The molecule has 0 saturated carbocycles. The number of ether oxygens (including phenoxy) is 2. The Morgan fingerprint density at radius 1 is 1.06 bits per heavy atom. The van der Waals surface area contributed by atoms with Crippen LogP contribution >= 0.6 is 23.4 Å². The number of amidine groups is 1. The van der Waals surface area contributed by atoms with Crippen molar-refractivity contribution in [2.24, 2.45) is 4.99 Å². The van der Waals surface area contributed by atoms with Crippen molar-refractivity contribution in [1.82, 2.24) is 5.32 Å². The Morgan fingerprint density at radius 3 is 2.60 bits per heavy atom. The lowest BCUT2D eigenvalue weighted by atomic mass is 10.1. The molecule has 1 aliphatic heterocycles. The Labute approximate surface area is 215 Å². The zero-order valence-corrected chi connectivity index (χ0v) is 21.3. The molecular weight excluding hydrogens is 480 g/mol. The van der Waals surface area contributed by atoms with E-state index in [0.717, 1.165) is 23.2 Å². The van der Waals surface area contributed by atoms with Gasteiger partial charge in [0, 0.05) is 10.6 Å². The molecule has 0 unspecified atom stereocenters. The summed E-state index contributed by atoms with van der Waals surface area (Å²) in [6.07, 6.45) is 5.23. The average molecular weight is 507 g/mol. The molecule has 1 N–H and O–H groups in total. The van der Waals surface area contributed by atoms with Gasteiger partial charge in [-0.1, -0.05) is 61.3 Å². The number of unbranched alkanes of at least 4 members (excludes halogenated alkanes) is 1. The first-order valence-corrected chi connectivity index (χ1v) is 12.7. The summed E-state index contributed by atoms with van der Waals surface area (Å²) in [5.74, 6) is 1.00. The first-order chi connectivity index (χ1) is 17.1. The topological polar surface area (TPSA) is 59.9 Å². The first-order valence-electron chi connectivity index (χ1n) is 11.5. The van der Waals surface area contributed by atoms with Crippen LogP contribution in [0.2, 0.25) is 5.02 Å². The normalized spacial score (nSPS) is 15.5. The van der Waals surface area contributed by atoms with Gasteiger partial charge >= 0.3 is 0 Å². The molecule has 180 valence electrons. The van der Waals surface area contributed by atoms with E-state index in [-0.39, 0.29) is 5.91 Å². The molecular formula is C28H27ClN2O3S. The van der Waals surface area contributed by atoms with E-state index in [2.05, 4.69) is 29.4 Å². The van der Waals surface area contributed by atoms with Gasteiger partial charge in [-0.25, -0.2) is 4.99 Å². The summed E-state index contributed by atoms with van der Waals surface area (Å²) in [7, 11) is 1.59. The summed E-state index contributed by atoms with van der Waals surface area (Å²) < 4.78 is 11.4. The molecule has 3 aromatic carbocycles. The molecule has 0 spiro atoms. The lowest BCUT2D eigenvalue weighted by Gasteiger charge is -2.12. The third-order valence-electron chi connectivity index (χ3n) is 5.46. The molecule has 1 aliphatic rings. The number of halogens is 1. The molecule has 0 bridgehead atoms. The quantitative estimate of drug-likeness (QED) is 0.313. The number of aliphatic imine (C=N–C) groups is 1. The van der Waals surface area contributed by atoms with Crippen LogP contribution in [0.5, 0.6) is 11.5 Å². The molecule has 7 heteroatoms. The number of carbonyl (C=O) groups excluding carboxylic acids is 1. The Balaban J connectivity index is 1.44. The summed E-state index contributed by atoms with van der Waals surface area (Å²) >= 11 is 7.53. The number of aryl methyl sites for hydroxylation is 1. The molecule has 1 heterocycles. The number of carbonyl (C=O) groups is 1. The van der Waals surface area contributed by atoms with E-state index in [1.165, 1.54) is 30.2 Å². The fourth-order valence-electron chi connectivity index (χ4n) is 3.53. The molecule has 4 rings (SSSR count). The van der Waals surface area contributed by atoms with Crippen molar-refractivity contribution in [2.75, 3.05) is 7.11 Å². The Hall–Kier alpha value is -3.22. The number of rotatable bonds is 9. The van der Waals surface area contributed by atoms with Crippen molar-refractivity contribution in [3.63, 3.8) is 0 Å². The predicted octanol–water partition coefficient (Wildman–Crippen LogP) is 7.16. The summed E-state index contributed by atoms with van der Waals surface area (Å²) in [5.41, 5.74) is 3.83. The summed E-state index contributed by atoms with van der Waals surface area (Å²) in [5, 5.41) is 4.06. The number of nitrogens with zero attached hydrogens (tertiary/aromatic N) is 1. The number of nitrogens with one attached hydrogen (secondary N) is 1. The van der Waals surface area contributed by atoms with Gasteiger partial charge in [-0.2, -0.15) is 0 Å². The van der Waals surface area contributed by atoms with Crippen LogP contribution in [0.3, 0.4) is 0 Å². The number of amides is 1. The highest BCUT2D eigenvalue weighted by Gasteiger charge is 2.24. The number of hydrogen-bond donors (Lipinski definition) is 1. The number of thioether (sulfide) groups is 1. The molecule has 3 aromatic rings. The minimum absolute atomic E-state index is 0.175. The van der Waals surface area contributed by atoms with Gasteiger partial charge in [-0.3, -0.25) is 4.79 Å². The van der Waals surface area contributed by atoms with Crippen LogP contribution in [0.4, 0.5) is 5.69 Å². The van der Waals surface area contributed by atoms with Crippen LogP contribution in [0.1, 0.15) is 36.5 Å². The summed E-state index contributed by atoms with van der Waals surface area (Å²) in [6.45, 7) is 2.51. The van der Waals surface area contributed by atoms with Crippen LogP contribution in [0.25, 0.3) is 6.08 Å². The highest BCUT2D eigenvalue weighted by atomic mass is 35.5. The van der Waals surface area contributed by atoms with Crippen LogP contribution in [0, 0.1) is 0 Å². The van der Waals surface area contributed by atoms with Crippen LogP contribution in [-0.4, -0.2) is 18.2 Å². The van der Waals surface area contributed by atoms with Crippen molar-refractivity contribution in [2.45, 2.75) is 32.8 Å². The molecule has 1 saturated heterocycles. The zero-order valence-electron chi connectivity index (χ0n) is 19.7. The SMILES string of the molecule is CCCCc1ccc(N=C2NC(=O)C(=Cc3ccc(OCc4ccccc4Cl)c(OC)c3)S2)cc1. The van der Waals surface area contributed by atoms with Crippen LogP contribution < -0.4 is 14.8 Å². The second-order valence-corrected chi connectivity index (χ2v) is 9.48. The van der Waals surface area contributed by atoms with E-state index in [1.807, 2.05) is 60.7 Å². The van der Waals surface area contributed by atoms with Gasteiger partial charge in [0.2, 0.25) is 0 Å². The molecule has 1 amide bonds. The molecule has 0 radical (unpaired) electrons. The Kier molecular flexibility index (Phi) is 8.50. The molecule has 0 aliphatic carbocycles. The smallest absolute Gasteiger partial charge is 0.264 e. The summed E-state index contributed by atoms with van der Waals surface area (Å²) in [4.78, 5) is 17.7. The Morgan fingerprint density at radius 2 is 1.86 bits per heavy atom. The van der Waals surface area contributed by atoms with Gasteiger partial charge in [0.1, 0.15) is 6.61 Å². The maximum atomic E-state index is 12.5. The van der Waals surface area contributed by atoms with Crippen molar-refractivity contribution >= 4 is 46.2 Å². The minimum Gasteiger partial charge on any atom is -0.493 e. The van der Waals surface area contributed by atoms with E-state index in [1.54, 1.807) is 7.11 Å². The molecule has 0 aromatic heterocycles. The van der Waals surface area contributed by atoms with Gasteiger partial charge in [0.05, 0.1) is 17.7 Å². The van der Waals surface area contributed by atoms with Crippen molar-refractivity contribution in [3.05, 3.63) is 93.3 Å². The van der Waals surface area contributed by atoms with Gasteiger partial charge in [0.15, 0.2) is 16.7 Å². The van der Waals surface area contributed by atoms with Crippen LogP contribution in [0.15, 0.2) is 76.6 Å². The number of benzene rings is 3. The highest BCUT2D eigenvalue weighted by Crippen LogP contribution is 2.33. The van der Waals surface area contributed by atoms with E-state index < -0.39 is 0 Å². The first kappa shape index (κ1) is 24.9. The predicted molar refractivity (Wildman–Crippen MR) is 145 cm³/mol. The average Bonchev–Trinajstić information content (AvgIpc) is 3.21. The zero-order chi connectivity index (χ0) is 24.6. The van der Waals surface area contributed by atoms with E-state index in [9.17, 15) is 4.79 Å². The van der Waals surface area contributed by atoms with Crippen molar-refractivity contribution in [1.29, 1.82) is 0 Å². The second kappa shape index (κ2) is 12.0. The van der Waals surface area contributed by atoms with Crippen molar-refractivity contribution < 1.29 is 14.3 Å². The maximum Gasteiger partial charge on any atom is 0.264 e. The lowest BCUT2D eigenvalue weighted by molar-refractivity contribution is -0.115. The van der Waals surface area contributed by atoms with Gasteiger partial charge in [0.25, 0.3) is 5.91 Å². The third kappa shape index (κ3) is 6.68. The summed E-state index contributed by atoms with van der Waals surface area (Å²) in [6, 6.07) is 21.3. The van der Waals surface area contributed by atoms with Crippen LogP contribution in [-0.2, 0) is 17.8 Å². The third-order valence-corrected chi connectivity index (χ3v) is 6.74. The maximum absolute atomic E-state index is 12.5.